The molecule has 4 heteroatoms. The first-order valence-electron chi connectivity index (χ1n) is 9.80. The number of carboxylic acids is 1. The first-order chi connectivity index (χ1) is 11.1. The van der Waals surface area contributed by atoms with Gasteiger partial charge in [-0.05, 0) is 70.1 Å². The number of nitrogens with two attached hydrogens (primary N) is 1. The molecule has 3 aliphatic rings. The molecule has 0 heterocycles. The number of rotatable bonds is 3. The van der Waals surface area contributed by atoms with E-state index in [1.54, 1.807) is 0 Å². The highest BCUT2D eigenvalue weighted by molar-refractivity contribution is 5.68. The molecule has 0 aromatic rings. The summed E-state index contributed by atoms with van der Waals surface area (Å²) in [6.45, 7) is 1.85. The molecule has 3 aliphatic carbocycles. The Kier molecular flexibility index (Phi) is 7.84. The van der Waals surface area contributed by atoms with Crippen molar-refractivity contribution in [3.63, 3.8) is 0 Å². The van der Waals surface area contributed by atoms with Crippen molar-refractivity contribution in [2.75, 3.05) is 0 Å². The van der Waals surface area contributed by atoms with Gasteiger partial charge in [-0.15, -0.1) is 0 Å². The highest BCUT2D eigenvalue weighted by Crippen LogP contribution is 2.30. The van der Waals surface area contributed by atoms with Gasteiger partial charge in [-0.1, -0.05) is 19.8 Å². The molecule has 0 spiro atoms. The third-order valence-electron chi connectivity index (χ3n) is 6.02. The van der Waals surface area contributed by atoms with Crippen molar-refractivity contribution in [3.05, 3.63) is 0 Å². The van der Waals surface area contributed by atoms with Crippen molar-refractivity contribution in [2.24, 2.45) is 11.8 Å². The van der Waals surface area contributed by atoms with Crippen LogP contribution in [0.15, 0.2) is 0 Å². The fourth-order valence-electron chi connectivity index (χ4n) is 4.46. The molecule has 23 heavy (non-hydrogen) atoms. The lowest BCUT2D eigenvalue weighted by molar-refractivity contribution is -0.725. The zero-order chi connectivity index (χ0) is 16.7. The van der Waals surface area contributed by atoms with Crippen molar-refractivity contribution >= 4 is 5.97 Å². The van der Waals surface area contributed by atoms with Gasteiger partial charge < -0.3 is 20.3 Å². The van der Waals surface area contributed by atoms with Gasteiger partial charge in [-0.3, -0.25) is 0 Å². The van der Waals surface area contributed by atoms with E-state index < -0.39 is 18.0 Å². The van der Waals surface area contributed by atoms with E-state index in [9.17, 15) is 9.90 Å². The average molecular weight is 325 g/mol. The maximum Gasteiger partial charge on any atom is 0.0861 e. The quantitative estimate of drug-likeness (QED) is 0.822. The molecule has 134 valence electrons. The Morgan fingerprint density at radius 3 is 1.70 bits per heavy atom. The smallest absolute Gasteiger partial charge is 0.0861 e. The van der Waals surface area contributed by atoms with Crippen LogP contribution < -0.4 is 10.4 Å². The second-order valence-electron chi connectivity index (χ2n) is 8.02. The normalized spacial score (nSPS) is 33.0. The lowest BCUT2D eigenvalue weighted by Crippen LogP contribution is -2.95. The van der Waals surface area contributed by atoms with Crippen molar-refractivity contribution in [1.29, 1.82) is 0 Å². The van der Waals surface area contributed by atoms with E-state index in [2.05, 4.69) is 5.32 Å². The Balaban J connectivity index is 0.000000174. The van der Waals surface area contributed by atoms with Gasteiger partial charge in [-0.25, -0.2) is 0 Å². The minimum atomic E-state index is -1.02. The third-order valence-corrected chi connectivity index (χ3v) is 6.02. The molecule has 4 nitrogen and oxygen atoms in total. The monoisotopic (exact) mass is 325 g/mol. The summed E-state index contributed by atoms with van der Waals surface area (Å²) in [5.41, 5.74) is 0. The lowest BCUT2D eigenvalue weighted by atomic mass is 9.91. The van der Waals surface area contributed by atoms with Crippen LogP contribution in [0.25, 0.3) is 0 Å². The standard InChI is InChI=1S/C12H23N.C7H12O3/c1-3-7-11(8-4-1)13-12-9-5-2-6-10-12;1-4-2-5(7(9)10)3-6(4)8/h11-13H,1-10H2;4-6,8H,2-3H2,1H3,(H,9,10)/t;4-,5+,6-/m.1/s1. The van der Waals surface area contributed by atoms with Crippen molar-refractivity contribution < 1.29 is 20.3 Å². The predicted octanol–water partition coefficient (Wildman–Crippen LogP) is 1.36. The van der Waals surface area contributed by atoms with E-state index in [0.717, 1.165) is 12.1 Å². The van der Waals surface area contributed by atoms with Crippen LogP contribution in [0.3, 0.4) is 0 Å². The molecule has 0 aliphatic heterocycles. The fourth-order valence-corrected chi connectivity index (χ4v) is 4.46. The van der Waals surface area contributed by atoms with Crippen LogP contribution in [0.2, 0.25) is 0 Å². The molecular formula is C19H35NO3. The largest absolute Gasteiger partial charge is 0.550 e. The summed E-state index contributed by atoms with van der Waals surface area (Å²) >= 11 is 0. The summed E-state index contributed by atoms with van der Waals surface area (Å²) in [4.78, 5) is 10.3. The molecular weight excluding hydrogens is 290 g/mol. The Bertz CT molecular complexity index is 323. The molecule has 3 N–H and O–H groups in total. The fraction of sp³-hybridized carbons (Fsp3) is 0.947. The van der Waals surface area contributed by atoms with Crippen molar-refractivity contribution in [2.45, 2.75) is 102 Å². The highest BCUT2D eigenvalue weighted by atomic mass is 16.4. The number of carbonyl (C=O) groups is 1. The first-order valence-corrected chi connectivity index (χ1v) is 9.80. The van der Waals surface area contributed by atoms with Crippen LogP contribution in [0.5, 0.6) is 0 Å². The van der Waals surface area contributed by atoms with Crippen LogP contribution >= 0.6 is 0 Å². The van der Waals surface area contributed by atoms with Crippen molar-refractivity contribution in [3.8, 4) is 0 Å². The van der Waals surface area contributed by atoms with Gasteiger partial charge >= 0.3 is 0 Å². The number of hydrogen-bond acceptors (Lipinski definition) is 3. The third kappa shape index (κ3) is 6.42. The van der Waals surface area contributed by atoms with Gasteiger partial charge in [0.2, 0.25) is 0 Å². The van der Waals surface area contributed by atoms with Crippen LogP contribution in [-0.2, 0) is 4.79 Å². The molecule has 0 saturated heterocycles. The lowest BCUT2D eigenvalue weighted by Gasteiger charge is -2.27. The van der Waals surface area contributed by atoms with E-state index in [1.165, 1.54) is 64.2 Å². The molecule has 0 amide bonds. The second kappa shape index (κ2) is 9.63. The van der Waals surface area contributed by atoms with Crippen LogP contribution in [-0.4, -0.2) is 29.3 Å². The molecule has 0 unspecified atom stereocenters. The summed E-state index contributed by atoms with van der Waals surface area (Å²) in [6, 6.07) is 1.99. The minimum Gasteiger partial charge on any atom is -0.550 e. The minimum absolute atomic E-state index is 0.114. The number of hydrogen-bond donors (Lipinski definition) is 2. The Labute approximate surface area is 141 Å². The van der Waals surface area contributed by atoms with Crippen LogP contribution in [0.1, 0.15) is 84.0 Å². The van der Waals surface area contributed by atoms with E-state index in [0.29, 0.717) is 12.8 Å². The van der Waals surface area contributed by atoms with E-state index in [-0.39, 0.29) is 5.92 Å². The van der Waals surface area contributed by atoms with Crippen LogP contribution in [0, 0.1) is 11.8 Å². The van der Waals surface area contributed by atoms with Gasteiger partial charge in [0.15, 0.2) is 0 Å². The Morgan fingerprint density at radius 1 is 0.913 bits per heavy atom. The zero-order valence-corrected chi connectivity index (χ0v) is 14.7. The second-order valence-corrected chi connectivity index (χ2v) is 8.02. The van der Waals surface area contributed by atoms with Crippen LogP contribution in [0.4, 0.5) is 0 Å². The maximum atomic E-state index is 10.3. The van der Waals surface area contributed by atoms with E-state index >= 15 is 0 Å². The number of carbonyl (C=O) groups excluding carboxylic acids is 1. The van der Waals surface area contributed by atoms with E-state index in [1.807, 2.05) is 6.92 Å². The summed E-state index contributed by atoms with van der Waals surface area (Å²) in [5, 5.41) is 22.1. The van der Waals surface area contributed by atoms with Gasteiger partial charge in [0.25, 0.3) is 0 Å². The first kappa shape index (κ1) is 18.7. The van der Waals surface area contributed by atoms with Gasteiger partial charge in [0.1, 0.15) is 0 Å². The van der Waals surface area contributed by atoms with Gasteiger partial charge in [0.05, 0.1) is 18.2 Å². The number of quaternary nitrogens is 1. The predicted molar refractivity (Wildman–Crippen MR) is 88.6 cm³/mol. The molecule has 0 aromatic heterocycles. The summed E-state index contributed by atoms with van der Waals surface area (Å²) in [5.74, 6) is -1.34. The molecule has 3 saturated carbocycles. The summed E-state index contributed by atoms with van der Waals surface area (Å²) in [6.07, 6.45) is 15.4. The SMILES string of the molecule is C1CCC([NH2+]C2CCCCC2)CC1.C[C@@H]1C[C@H](C(=O)[O-])C[C@H]1O. The molecule has 3 rings (SSSR count). The number of carboxylic acid groups (broad SMARTS) is 1. The van der Waals surface area contributed by atoms with Crippen molar-refractivity contribution in [1.82, 2.24) is 0 Å². The Hall–Kier alpha value is -0.610. The molecule has 0 bridgehead atoms. The Morgan fingerprint density at radius 2 is 1.39 bits per heavy atom. The molecule has 3 atom stereocenters. The zero-order valence-electron chi connectivity index (χ0n) is 14.7. The molecule has 0 aromatic carbocycles. The maximum absolute atomic E-state index is 10.3. The number of aliphatic hydroxyl groups is 1. The summed E-state index contributed by atoms with van der Waals surface area (Å²) < 4.78 is 0. The number of aliphatic carboxylic acids is 1. The van der Waals surface area contributed by atoms with Gasteiger partial charge in [0, 0.05) is 11.9 Å². The van der Waals surface area contributed by atoms with Gasteiger partial charge in [-0.2, -0.15) is 0 Å². The summed E-state index contributed by atoms with van der Waals surface area (Å²) in [7, 11) is 0. The average Bonchev–Trinajstić information content (AvgIpc) is 2.90. The molecule has 0 radical (unpaired) electrons. The highest BCUT2D eigenvalue weighted by Gasteiger charge is 2.30. The number of aliphatic hydroxyl groups excluding tert-OH is 1. The van der Waals surface area contributed by atoms with E-state index in [4.69, 9.17) is 5.11 Å². The molecule has 3 fully saturated rings. The topological polar surface area (TPSA) is 77.0 Å².